The summed E-state index contributed by atoms with van der Waals surface area (Å²) in [4.78, 5) is 17.3. The van der Waals surface area contributed by atoms with Gasteiger partial charge in [-0.15, -0.1) is 6.58 Å². The summed E-state index contributed by atoms with van der Waals surface area (Å²) in [5.74, 6) is 1.34. The molecule has 1 N–H and O–H groups in total. The van der Waals surface area contributed by atoms with E-state index in [9.17, 15) is 9.90 Å². The van der Waals surface area contributed by atoms with E-state index >= 15 is 0 Å². The van der Waals surface area contributed by atoms with E-state index in [0.29, 0.717) is 37.0 Å². The monoisotopic (exact) mass is 379 g/mol. The fraction of sp³-hybridized carbons (Fsp3) is 0.500. The number of hydrogen-bond donors (Lipinski definition) is 1. The molecule has 2 aliphatic rings. The van der Waals surface area contributed by atoms with Gasteiger partial charge in [-0.25, -0.2) is 0 Å². The first-order chi connectivity index (χ1) is 13.6. The SMILES string of the molecule is C=CC1CCC(Cc2cc3cc(C(=O)C[C@@H]4COC[C@H]4O)ccc3cn2)CC1. The molecular formula is C24H29NO3. The number of hydrogen-bond acceptors (Lipinski definition) is 4. The minimum atomic E-state index is -0.531. The van der Waals surface area contributed by atoms with Crippen LogP contribution < -0.4 is 0 Å². The number of nitrogens with zero attached hydrogens (tertiary/aromatic N) is 1. The molecule has 1 aliphatic carbocycles. The van der Waals surface area contributed by atoms with Crippen LogP contribution in [0.4, 0.5) is 0 Å². The van der Waals surface area contributed by atoms with Gasteiger partial charge in [-0.1, -0.05) is 18.2 Å². The molecule has 2 aromatic rings. The van der Waals surface area contributed by atoms with Gasteiger partial charge in [0.1, 0.15) is 0 Å². The molecule has 0 unspecified atom stereocenters. The van der Waals surface area contributed by atoms with Gasteiger partial charge in [0.2, 0.25) is 0 Å². The van der Waals surface area contributed by atoms with Crippen LogP contribution in [0.3, 0.4) is 0 Å². The van der Waals surface area contributed by atoms with Crippen molar-refractivity contribution in [1.82, 2.24) is 4.98 Å². The Morgan fingerprint density at radius 1 is 1.18 bits per heavy atom. The number of ether oxygens (including phenoxy) is 1. The number of allylic oxidation sites excluding steroid dienone is 1. The van der Waals surface area contributed by atoms with Gasteiger partial charge in [-0.05, 0) is 61.5 Å². The number of aromatic nitrogens is 1. The number of fused-ring (bicyclic) bond motifs is 1. The first kappa shape index (κ1) is 19.3. The zero-order chi connectivity index (χ0) is 19.5. The van der Waals surface area contributed by atoms with Gasteiger partial charge in [0, 0.05) is 35.2 Å². The van der Waals surface area contributed by atoms with E-state index < -0.39 is 6.10 Å². The van der Waals surface area contributed by atoms with Crippen molar-refractivity contribution in [1.29, 1.82) is 0 Å². The van der Waals surface area contributed by atoms with Gasteiger partial charge in [0.15, 0.2) is 5.78 Å². The highest BCUT2D eigenvalue weighted by molar-refractivity contribution is 6.00. The highest BCUT2D eigenvalue weighted by atomic mass is 16.5. The summed E-state index contributed by atoms with van der Waals surface area (Å²) < 4.78 is 5.26. The first-order valence-electron chi connectivity index (χ1n) is 10.4. The number of Topliss-reactive ketones (excluding diaryl/α,β-unsaturated/α-hetero) is 1. The summed E-state index contributed by atoms with van der Waals surface area (Å²) in [7, 11) is 0. The predicted molar refractivity (Wildman–Crippen MR) is 110 cm³/mol. The normalized spacial score (nSPS) is 27.8. The van der Waals surface area contributed by atoms with E-state index in [1.165, 1.54) is 25.7 Å². The molecule has 0 bridgehead atoms. The van der Waals surface area contributed by atoms with Crippen LogP contribution in [0.25, 0.3) is 10.8 Å². The van der Waals surface area contributed by atoms with Crippen molar-refractivity contribution in [2.45, 2.75) is 44.6 Å². The molecule has 4 rings (SSSR count). The molecule has 0 radical (unpaired) electrons. The van der Waals surface area contributed by atoms with Crippen molar-refractivity contribution in [2.24, 2.45) is 17.8 Å². The summed E-state index contributed by atoms with van der Waals surface area (Å²) in [6.07, 6.45) is 9.76. The van der Waals surface area contributed by atoms with Gasteiger partial charge in [-0.3, -0.25) is 9.78 Å². The van der Waals surface area contributed by atoms with E-state index in [0.717, 1.165) is 22.9 Å². The van der Waals surface area contributed by atoms with Crippen LogP contribution in [0.5, 0.6) is 0 Å². The Bertz CT molecular complexity index is 854. The number of aliphatic hydroxyl groups excluding tert-OH is 1. The number of ketones is 1. The van der Waals surface area contributed by atoms with Crippen molar-refractivity contribution in [3.8, 4) is 0 Å². The highest BCUT2D eigenvalue weighted by Gasteiger charge is 2.28. The van der Waals surface area contributed by atoms with Crippen molar-refractivity contribution in [3.05, 3.63) is 54.4 Å². The van der Waals surface area contributed by atoms with Gasteiger partial charge < -0.3 is 9.84 Å². The third-order valence-corrected chi connectivity index (χ3v) is 6.44. The third kappa shape index (κ3) is 4.34. The van der Waals surface area contributed by atoms with E-state index in [2.05, 4.69) is 23.7 Å². The maximum atomic E-state index is 12.7. The molecule has 1 saturated carbocycles. The Kier molecular flexibility index (Phi) is 5.88. The number of benzene rings is 1. The minimum Gasteiger partial charge on any atom is -0.390 e. The van der Waals surface area contributed by atoms with Crippen LogP contribution >= 0.6 is 0 Å². The second-order valence-corrected chi connectivity index (χ2v) is 8.45. The molecule has 1 aliphatic heterocycles. The highest BCUT2D eigenvalue weighted by Crippen LogP contribution is 2.31. The molecule has 148 valence electrons. The molecule has 0 amide bonds. The third-order valence-electron chi connectivity index (χ3n) is 6.44. The number of pyridine rings is 1. The summed E-state index contributed by atoms with van der Waals surface area (Å²) in [6, 6.07) is 7.94. The van der Waals surface area contributed by atoms with Crippen molar-refractivity contribution in [3.63, 3.8) is 0 Å². The second-order valence-electron chi connectivity index (χ2n) is 8.45. The Morgan fingerprint density at radius 2 is 2.00 bits per heavy atom. The largest absolute Gasteiger partial charge is 0.390 e. The summed E-state index contributed by atoms with van der Waals surface area (Å²) in [5, 5.41) is 12.0. The Balaban J connectivity index is 1.46. The van der Waals surface area contributed by atoms with Crippen LogP contribution in [0.1, 0.15) is 48.2 Å². The van der Waals surface area contributed by atoms with Crippen LogP contribution in [0.2, 0.25) is 0 Å². The molecule has 1 saturated heterocycles. The molecule has 0 spiro atoms. The molecule has 4 heteroatoms. The number of aliphatic hydroxyl groups is 1. The molecule has 4 nitrogen and oxygen atoms in total. The fourth-order valence-electron chi connectivity index (χ4n) is 4.53. The molecule has 2 heterocycles. The number of rotatable bonds is 6. The smallest absolute Gasteiger partial charge is 0.163 e. The van der Waals surface area contributed by atoms with Gasteiger partial charge in [0.25, 0.3) is 0 Å². The lowest BCUT2D eigenvalue weighted by molar-refractivity contribution is 0.0890. The van der Waals surface area contributed by atoms with Gasteiger partial charge in [0.05, 0.1) is 19.3 Å². The van der Waals surface area contributed by atoms with E-state index in [1.54, 1.807) is 0 Å². The van der Waals surface area contributed by atoms with Crippen molar-refractivity contribution >= 4 is 16.6 Å². The van der Waals surface area contributed by atoms with Crippen LogP contribution in [-0.2, 0) is 11.2 Å². The lowest BCUT2D eigenvalue weighted by atomic mass is 9.80. The number of carbonyl (C=O) groups is 1. The van der Waals surface area contributed by atoms with Crippen molar-refractivity contribution in [2.75, 3.05) is 13.2 Å². The van der Waals surface area contributed by atoms with Crippen LogP contribution in [0.15, 0.2) is 43.1 Å². The average Bonchev–Trinajstić information content (AvgIpc) is 3.12. The minimum absolute atomic E-state index is 0.0672. The summed E-state index contributed by atoms with van der Waals surface area (Å²) in [6.45, 7) is 4.72. The molecule has 2 fully saturated rings. The van der Waals surface area contributed by atoms with Crippen LogP contribution in [0, 0.1) is 17.8 Å². The number of carbonyl (C=O) groups excluding carboxylic acids is 1. The molecule has 28 heavy (non-hydrogen) atoms. The van der Waals surface area contributed by atoms with Crippen LogP contribution in [-0.4, -0.2) is 35.2 Å². The topological polar surface area (TPSA) is 59.4 Å². The van der Waals surface area contributed by atoms with Gasteiger partial charge >= 0.3 is 0 Å². The predicted octanol–water partition coefficient (Wildman–Crippen LogP) is 4.35. The average molecular weight is 380 g/mol. The second kappa shape index (κ2) is 8.54. The molecule has 1 aromatic carbocycles. The first-order valence-corrected chi connectivity index (χ1v) is 10.4. The maximum absolute atomic E-state index is 12.7. The van der Waals surface area contributed by atoms with E-state index in [1.807, 2.05) is 24.4 Å². The lowest BCUT2D eigenvalue weighted by Gasteiger charge is -2.26. The molecule has 1 aromatic heterocycles. The summed E-state index contributed by atoms with van der Waals surface area (Å²) >= 11 is 0. The maximum Gasteiger partial charge on any atom is 0.163 e. The molecular weight excluding hydrogens is 350 g/mol. The Hall–Kier alpha value is -2.04. The zero-order valence-corrected chi connectivity index (χ0v) is 16.3. The van der Waals surface area contributed by atoms with E-state index in [-0.39, 0.29) is 11.7 Å². The quantitative estimate of drug-likeness (QED) is 0.599. The lowest BCUT2D eigenvalue weighted by Crippen LogP contribution is -2.21. The van der Waals surface area contributed by atoms with E-state index in [4.69, 9.17) is 4.74 Å². The Morgan fingerprint density at radius 3 is 2.71 bits per heavy atom. The molecule has 2 atom stereocenters. The Labute approximate surface area is 166 Å². The fourth-order valence-corrected chi connectivity index (χ4v) is 4.53. The summed E-state index contributed by atoms with van der Waals surface area (Å²) in [5.41, 5.74) is 1.81. The zero-order valence-electron chi connectivity index (χ0n) is 16.3. The van der Waals surface area contributed by atoms with Crippen molar-refractivity contribution < 1.29 is 14.6 Å². The van der Waals surface area contributed by atoms with Gasteiger partial charge in [-0.2, -0.15) is 0 Å². The standard InChI is InChI=1S/C24H29NO3/c1-2-16-3-5-17(6-4-16)9-22-11-20-10-18(7-8-19(20)13-25-22)23(26)12-21-14-28-15-24(21)27/h2,7-8,10-11,13,16-17,21,24,27H,1,3-6,9,12,14-15H2/t16?,17?,21-,24-/m1/s1.